The maximum Gasteiger partial charge on any atom is 0.223 e. The lowest BCUT2D eigenvalue weighted by atomic mass is 10.2. The van der Waals surface area contributed by atoms with Crippen molar-refractivity contribution in [1.29, 1.82) is 0 Å². The van der Waals surface area contributed by atoms with Gasteiger partial charge in [-0.25, -0.2) is 13.5 Å². The van der Waals surface area contributed by atoms with Crippen molar-refractivity contribution in [2.24, 2.45) is 7.05 Å². The lowest BCUT2D eigenvalue weighted by molar-refractivity contribution is 0.274. The van der Waals surface area contributed by atoms with E-state index in [2.05, 4.69) is 5.10 Å². The van der Waals surface area contributed by atoms with E-state index in [9.17, 15) is 13.9 Å². The summed E-state index contributed by atoms with van der Waals surface area (Å²) in [5.41, 5.74) is 1.09. The van der Waals surface area contributed by atoms with E-state index < -0.39 is 11.6 Å². The monoisotopic (exact) mass is 254 g/mol. The third-order valence-corrected chi connectivity index (χ3v) is 2.50. The van der Waals surface area contributed by atoms with Gasteiger partial charge < -0.3 is 9.84 Å². The van der Waals surface area contributed by atoms with Crippen LogP contribution in [0.5, 0.6) is 11.6 Å². The molecule has 0 unspecified atom stereocenters. The number of aliphatic hydroxyl groups is 1. The summed E-state index contributed by atoms with van der Waals surface area (Å²) in [6, 6.07) is 2.88. The SMILES string of the molecule is Cc1nn(C)c(Oc2cc(F)cc(F)c2)c1CO. The summed E-state index contributed by atoms with van der Waals surface area (Å²) in [5, 5.41) is 13.3. The standard InChI is InChI=1S/C12H12F2N2O2/c1-7-11(6-17)12(16(2)15-7)18-10-4-8(13)3-9(14)5-10/h3-5,17H,6H2,1-2H3. The molecule has 0 aliphatic carbocycles. The van der Waals surface area contributed by atoms with Crippen LogP contribution in [0.25, 0.3) is 0 Å². The van der Waals surface area contributed by atoms with Gasteiger partial charge in [0.1, 0.15) is 17.4 Å². The van der Waals surface area contributed by atoms with Crippen molar-refractivity contribution in [3.8, 4) is 11.6 Å². The predicted molar refractivity (Wildman–Crippen MR) is 60.3 cm³/mol. The Balaban J connectivity index is 2.39. The van der Waals surface area contributed by atoms with Gasteiger partial charge in [-0.3, -0.25) is 0 Å². The summed E-state index contributed by atoms with van der Waals surface area (Å²) >= 11 is 0. The molecule has 0 aliphatic heterocycles. The van der Waals surface area contributed by atoms with Gasteiger partial charge in [0, 0.05) is 25.2 Å². The first-order valence-corrected chi connectivity index (χ1v) is 5.28. The second-order valence-corrected chi connectivity index (χ2v) is 3.86. The molecule has 2 aromatic rings. The first-order valence-electron chi connectivity index (χ1n) is 5.28. The molecule has 1 aromatic carbocycles. The summed E-state index contributed by atoms with van der Waals surface area (Å²) in [6.07, 6.45) is 0. The predicted octanol–water partition coefficient (Wildman–Crippen LogP) is 2.29. The highest BCUT2D eigenvalue weighted by Crippen LogP contribution is 2.28. The van der Waals surface area contributed by atoms with Crippen LogP contribution in [0.4, 0.5) is 8.78 Å². The molecule has 0 radical (unpaired) electrons. The van der Waals surface area contributed by atoms with E-state index in [1.807, 2.05) is 0 Å². The number of rotatable bonds is 3. The average molecular weight is 254 g/mol. The number of aromatic nitrogens is 2. The number of hydrogen-bond acceptors (Lipinski definition) is 3. The number of halogens is 2. The van der Waals surface area contributed by atoms with Gasteiger partial charge in [-0.2, -0.15) is 5.10 Å². The van der Waals surface area contributed by atoms with Crippen molar-refractivity contribution in [1.82, 2.24) is 9.78 Å². The Hall–Kier alpha value is -1.95. The molecule has 0 atom stereocenters. The van der Waals surface area contributed by atoms with Crippen LogP contribution >= 0.6 is 0 Å². The molecule has 0 fully saturated rings. The van der Waals surface area contributed by atoms with Crippen LogP contribution in [0.1, 0.15) is 11.3 Å². The number of benzene rings is 1. The molecule has 6 heteroatoms. The topological polar surface area (TPSA) is 47.3 Å². The Morgan fingerprint density at radius 2 is 1.89 bits per heavy atom. The van der Waals surface area contributed by atoms with Crippen molar-refractivity contribution in [2.45, 2.75) is 13.5 Å². The van der Waals surface area contributed by atoms with Gasteiger partial charge in [-0.15, -0.1) is 0 Å². The van der Waals surface area contributed by atoms with Crippen LogP contribution in [-0.4, -0.2) is 14.9 Å². The maximum atomic E-state index is 13.0. The zero-order valence-corrected chi connectivity index (χ0v) is 9.94. The Morgan fingerprint density at radius 1 is 1.28 bits per heavy atom. The fourth-order valence-electron chi connectivity index (χ4n) is 1.69. The van der Waals surface area contributed by atoms with E-state index in [1.54, 1.807) is 14.0 Å². The number of nitrogens with zero attached hydrogens (tertiary/aromatic N) is 2. The molecule has 4 nitrogen and oxygen atoms in total. The normalized spacial score (nSPS) is 10.7. The van der Waals surface area contributed by atoms with E-state index >= 15 is 0 Å². The molecular formula is C12H12F2N2O2. The van der Waals surface area contributed by atoms with E-state index in [0.717, 1.165) is 18.2 Å². The number of aliphatic hydroxyl groups excluding tert-OH is 1. The molecule has 0 bridgehead atoms. The zero-order valence-electron chi connectivity index (χ0n) is 9.94. The molecule has 18 heavy (non-hydrogen) atoms. The minimum absolute atomic E-state index is 0.0187. The van der Waals surface area contributed by atoms with E-state index in [4.69, 9.17) is 4.74 Å². The quantitative estimate of drug-likeness (QED) is 0.914. The molecule has 1 aromatic heterocycles. The Kier molecular flexibility index (Phi) is 3.29. The van der Waals surface area contributed by atoms with Gasteiger partial charge in [-0.1, -0.05) is 0 Å². The molecule has 0 saturated heterocycles. The van der Waals surface area contributed by atoms with Crippen LogP contribution in [-0.2, 0) is 13.7 Å². The molecule has 1 N–H and O–H groups in total. The molecule has 96 valence electrons. The Labute approximate surface area is 102 Å². The first kappa shape index (κ1) is 12.5. The third kappa shape index (κ3) is 2.33. The van der Waals surface area contributed by atoms with Crippen LogP contribution in [0.3, 0.4) is 0 Å². The highest BCUT2D eigenvalue weighted by molar-refractivity contribution is 5.35. The summed E-state index contributed by atoms with van der Waals surface area (Å²) in [7, 11) is 1.62. The molecule has 0 saturated carbocycles. The van der Waals surface area contributed by atoms with Gasteiger partial charge in [0.05, 0.1) is 17.9 Å². The molecule has 0 spiro atoms. The van der Waals surface area contributed by atoms with Crippen molar-refractivity contribution in [3.63, 3.8) is 0 Å². The molecule has 1 heterocycles. The first-order chi connectivity index (χ1) is 8.51. The molecule has 0 aliphatic rings. The van der Waals surface area contributed by atoms with Crippen LogP contribution < -0.4 is 4.74 Å². The van der Waals surface area contributed by atoms with E-state index in [1.165, 1.54) is 4.68 Å². The lowest BCUT2D eigenvalue weighted by Crippen LogP contribution is -1.98. The number of hydrogen-bond donors (Lipinski definition) is 1. The van der Waals surface area contributed by atoms with Crippen molar-refractivity contribution in [3.05, 3.63) is 41.1 Å². The molecular weight excluding hydrogens is 242 g/mol. The van der Waals surface area contributed by atoms with E-state index in [-0.39, 0.29) is 18.2 Å². The second-order valence-electron chi connectivity index (χ2n) is 3.86. The summed E-state index contributed by atoms with van der Waals surface area (Å²) in [6.45, 7) is 1.46. The molecule has 2 rings (SSSR count). The smallest absolute Gasteiger partial charge is 0.223 e. The Bertz CT molecular complexity index is 561. The van der Waals surface area contributed by atoms with Crippen molar-refractivity contribution in [2.75, 3.05) is 0 Å². The largest absolute Gasteiger partial charge is 0.439 e. The van der Waals surface area contributed by atoms with Crippen molar-refractivity contribution >= 4 is 0 Å². The fourth-order valence-corrected chi connectivity index (χ4v) is 1.69. The average Bonchev–Trinajstić information content (AvgIpc) is 2.52. The van der Waals surface area contributed by atoms with Gasteiger partial charge in [0.15, 0.2) is 0 Å². The Morgan fingerprint density at radius 3 is 2.44 bits per heavy atom. The van der Waals surface area contributed by atoms with Crippen LogP contribution in [0.15, 0.2) is 18.2 Å². The zero-order chi connectivity index (χ0) is 13.3. The number of ether oxygens (including phenoxy) is 1. The summed E-state index contributed by atoms with van der Waals surface area (Å²) in [4.78, 5) is 0. The lowest BCUT2D eigenvalue weighted by Gasteiger charge is -2.07. The van der Waals surface area contributed by atoms with Crippen LogP contribution in [0, 0.1) is 18.6 Å². The fraction of sp³-hybridized carbons (Fsp3) is 0.250. The molecule has 0 amide bonds. The third-order valence-electron chi connectivity index (χ3n) is 2.50. The van der Waals surface area contributed by atoms with Gasteiger partial charge in [0.25, 0.3) is 0 Å². The van der Waals surface area contributed by atoms with Crippen LogP contribution in [0.2, 0.25) is 0 Å². The van der Waals surface area contributed by atoms with Gasteiger partial charge in [-0.05, 0) is 6.92 Å². The minimum Gasteiger partial charge on any atom is -0.439 e. The second kappa shape index (κ2) is 4.73. The highest BCUT2D eigenvalue weighted by Gasteiger charge is 2.15. The maximum absolute atomic E-state index is 13.0. The van der Waals surface area contributed by atoms with Crippen molar-refractivity contribution < 1.29 is 18.6 Å². The van der Waals surface area contributed by atoms with Gasteiger partial charge in [0.2, 0.25) is 5.88 Å². The van der Waals surface area contributed by atoms with E-state index in [0.29, 0.717) is 11.3 Å². The summed E-state index contributed by atoms with van der Waals surface area (Å²) in [5.74, 6) is -1.17. The summed E-state index contributed by atoms with van der Waals surface area (Å²) < 4.78 is 32.8. The number of aryl methyl sites for hydroxylation is 2. The highest BCUT2D eigenvalue weighted by atomic mass is 19.1. The van der Waals surface area contributed by atoms with Gasteiger partial charge >= 0.3 is 0 Å². The minimum atomic E-state index is -0.727.